The number of urea groups is 1. The maximum atomic E-state index is 11.5. The first kappa shape index (κ1) is 8.81. The fourth-order valence-corrected chi connectivity index (χ4v) is 2.00. The lowest BCUT2D eigenvalue weighted by Crippen LogP contribution is -2.70. The SMILES string of the molecule is CN(C)C(=O)N1CC(N)(C2CC2)C1. The largest absolute Gasteiger partial charge is 0.331 e. The molecular weight excluding hydrogens is 166 g/mol. The third kappa shape index (κ3) is 1.39. The van der Waals surface area contributed by atoms with Gasteiger partial charge in [-0.3, -0.25) is 0 Å². The van der Waals surface area contributed by atoms with Crippen LogP contribution < -0.4 is 5.73 Å². The predicted octanol–water partition coefficient (Wildman–Crippen LogP) is 0.0911. The molecule has 1 saturated heterocycles. The van der Waals surface area contributed by atoms with Gasteiger partial charge in [-0.1, -0.05) is 0 Å². The molecule has 4 heteroatoms. The maximum Gasteiger partial charge on any atom is 0.319 e. The quantitative estimate of drug-likeness (QED) is 0.626. The number of hydrogen-bond acceptors (Lipinski definition) is 2. The Balaban J connectivity index is 1.86. The smallest absolute Gasteiger partial charge is 0.319 e. The minimum atomic E-state index is -0.0499. The highest BCUT2D eigenvalue weighted by molar-refractivity contribution is 5.75. The van der Waals surface area contributed by atoms with Gasteiger partial charge < -0.3 is 15.5 Å². The zero-order chi connectivity index (χ0) is 9.64. The fourth-order valence-electron chi connectivity index (χ4n) is 2.00. The molecule has 0 unspecified atom stereocenters. The summed E-state index contributed by atoms with van der Waals surface area (Å²) in [6.07, 6.45) is 2.50. The van der Waals surface area contributed by atoms with E-state index in [2.05, 4.69) is 0 Å². The Morgan fingerprint density at radius 2 is 2.00 bits per heavy atom. The zero-order valence-electron chi connectivity index (χ0n) is 8.29. The Labute approximate surface area is 78.7 Å². The molecule has 0 aromatic rings. The van der Waals surface area contributed by atoms with Gasteiger partial charge in [-0.25, -0.2) is 4.79 Å². The second-order valence-electron chi connectivity index (χ2n) is 4.54. The van der Waals surface area contributed by atoms with E-state index in [1.54, 1.807) is 19.0 Å². The van der Waals surface area contributed by atoms with Crippen LogP contribution in [-0.4, -0.2) is 48.6 Å². The second kappa shape index (κ2) is 2.61. The maximum absolute atomic E-state index is 11.5. The standard InChI is InChI=1S/C9H17N3O/c1-11(2)8(13)12-5-9(10,6-12)7-3-4-7/h7H,3-6,10H2,1-2H3. The minimum absolute atomic E-state index is 0.0499. The topological polar surface area (TPSA) is 49.6 Å². The zero-order valence-corrected chi connectivity index (χ0v) is 8.29. The molecule has 0 atom stereocenters. The molecule has 74 valence electrons. The third-order valence-electron chi connectivity index (χ3n) is 3.01. The van der Waals surface area contributed by atoms with Crippen molar-refractivity contribution in [2.45, 2.75) is 18.4 Å². The van der Waals surface area contributed by atoms with Crippen molar-refractivity contribution in [2.75, 3.05) is 27.2 Å². The molecule has 2 amide bonds. The van der Waals surface area contributed by atoms with Gasteiger partial charge >= 0.3 is 6.03 Å². The molecule has 2 aliphatic rings. The summed E-state index contributed by atoms with van der Waals surface area (Å²) in [4.78, 5) is 14.9. The summed E-state index contributed by atoms with van der Waals surface area (Å²) in [5.74, 6) is 0.679. The number of carbonyl (C=O) groups is 1. The number of rotatable bonds is 1. The predicted molar refractivity (Wildman–Crippen MR) is 50.3 cm³/mol. The first-order valence-electron chi connectivity index (χ1n) is 4.78. The van der Waals surface area contributed by atoms with Crippen LogP contribution >= 0.6 is 0 Å². The van der Waals surface area contributed by atoms with E-state index >= 15 is 0 Å². The van der Waals surface area contributed by atoms with E-state index in [-0.39, 0.29) is 11.6 Å². The molecule has 2 rings (SSSR count). The van der Waals surface area contributed by atoms with Crippen LogP contribution in [0.15, 0.2) is 0 Å². The molecule has 1 aliphatic heterocycles. The van der Waals surface area contributed by atoms with Crippen LogP contribution in [0, 0.1) is 5.92 Å². The third-order valence-corrected chi connectivity index (χ3v) is 3.01. The van der Waals surface area contributed by atoms with Crippen LogP contribution in [0.5, 0.6) is 0 Å². The molecule has 2 fully saturated rings. The van der Waals surface area contributed by atoms with Gasteiger partial charge in [0.15, 0.2) is 0 Å². The molecule has 0 spiro atoms. The van der Waals surface area contributed by atoms with E-state index in [0.717, 1.165) is 13.1 Å². The molecule has 0 radical (unpaired) electrons. The summed E-state index contributed by atoms with van der Waals surface area (Å²) in [6, 6.07) is 0.0849. The van der Waals surface area contributed by atoms with Crippen LogP contribution in [-0.2, 0) is 0 Å². The Morgan fingerprint density at radius 3 is 2.38 bits per heavy atom. The van der Waals surface area contributed by atoms with Gasteiger partial charge in [0.2, 0.25) is 0 Å². The Morgan fingerprint density at radius 1 is 1.46 bits per heavy atom. The average Bonchev–Trinajstić information content (AvgIpc) is 2.79. The molecule has 13 heavy (non-hydrogen) atoms. The second-order valence-corrected chi connectivity index (χ2v) is 4.54. The lowest BCUT2D eigenvalue weighted by molar-refractivity contribution is 0.0680. The summed E-state index contributed by atoms with van der Waals surface area (Å²) in [5.41, 5.74) is 6.07. The van der Waals surface area contributed by atoms with Crippen molar-refractivity contribution in [3.8, 4) is 0 Å². The van der Waals surface area contributed by atoms with Crippen LogP contribution in [0.3, 0.4) is 0 Å². The summed E-state index contributed by atoms with van der Waals surface area (Å²) >= 11 is 0. The molecule has 0 aromatic heterocycles. The van der Waals surface area contributed by atoms with Crippen molar-refractivity contribution in [3.63, 3.8) is 0 Å². The molecule has 0 bridgehead atoms. The monoisotopic (exact) mass is 183 g/mol. The van der Waals surface area contributed by atoms with E-state index in [9.17, 15) is 4.79 Å². The fraction of sp³-hybridized carbons (Fsp3) is 0.889. The first-order chi connectivity index (χ1) is 6.03. The van der Waals surface area contributed by atoms with Crippen molar-refractivity contribution >= 4 is 6.03 Å². The molecule has 2 N–H and O–H groups in total. The van der Waals surface area contributed by atoms with Crippen molar-refractivity contribution in [1.82, 2.24) is 9.80 Å². The van der Waals surface area contributed by atoms with Crippen molar-refractivity contribution in [1.29, 1.82) is 0 Å². The van der Waals surface area contributed by atoms with Crippen LogP contribution in [0.1, 0.15) is 12.8 Å². The molecular formula is C9H17N3O. The lowest BCUT2D eigenvalue weighted by atomic mass is 9.86. The van der Waals surface area contributed by atoms with Gasteiger partial charge in [0.25, 0.3) is 0 Å². The highest BCUT2D eigenvalue weighted by atomic mass is 16.2. The van der Waals surface area contributed by atoms with Gasteiger partial charge in [-0.2, -0.15) is 0 Å². The van der Waals surface area contributed by atoms with Gasteiger partial charge in [0, 0.05) is 27.2 Å². The van der Waals surface area contributed by atoms with Gasteiger partial charge in [-0.15, -0.1) is 0 Å². The number of nitrogens with zero attached hydrogens (tertiary/aromatic N) is 2. The van der Waals surface area contributed by atoms with E-state index < -0.39 is 0 Å². The van der Waals surface area contributed by atoms with E-state index in [1.165, 1.54) is 12.8 Å². The molecule has 1 heterocycles. The lowest BCUT2D eigenvalue weighted by Gasteiger charge is -2.48. The minimum Gasteiger partial charge on any atom is -0.331 e. The molecule has 1 saturated carbocycles. The van der Waals surface area contributed by atoms with Crippen molar-refractivity contribution in [3.05, 3.63) is 0 Å². The Kier molecular flexibility index (Phi) is 1.77. The van der Waals surface area contributed by atoms with Gasteiger partial charge in [-0.05, 0) is 18.8 Å². The average molecular weight is 183 g/mol. The Hall–Kier alpha value is -0.770. The summed E-state index contributed by atoms with van der Waals surface area (Å²) < 4.78 is 0. The summed E-state index contributed by atoms with van der Waals surface area (Å²) in [7, 11) is 3.55. The number of nitrogens with two attached hydrogens (primary N) is 1. The normalized spacial score (nSPS) is 25.3. The summed E-state index contributed by atoms with van der Waals surface area (Å²) in [5, 5.41) is 0. The highest BCUT2D eigenvalue weighted by Crippen LogP contribution is 2.42. The van der Waals surface area contributed by atoms with Crippen LogP contribution in [0.25, 0.3) is 0 Å². The van der Waals surface area contributed by atoms with E-state index in [1.807, 2.05) is 4.90 Å². The number of carbonyl (C=O) groups excluding carboxylic acids is 1. The van der Waals surface area contributed by atoms with Gasteiger partial charge in [0.05, 0.1) is 5.54 Å². The number of amides is 2. The highest BCUT2D eigenvalue weighted by Gasteiger charge is 2.51. The Bertz CT molecular complexity index is 229. The van der Waals surface area contributed by atoms with Crippen molar-refractivity contribution in [2.24, 2.45) is 11.7 Å². The van der Waals surface area contributed by atoms with E-state index in [4.69, 9.17) is 5.73 Å². The van der Waals surface area contributed by atoms with Crippen LogP contribution in [0.2, 0.25) is 0 Å². The molecule has 4 nitrogen and oxygen atoms in total. The van der Waals surface area contributed by atoms with Crippen LogP contribution in [0.4, 0.5) is 4.79 Å². The molecule has 1 aliphatic carbocycles. The molecule has 0 aromatic carbocycles. The van der Waals surface area contributed by atoms with Crippen molar-refractivity contribution < 1.29 is 4.79 Å². The number of likely N-dealkylation sites (tertiary alicyclic amines) is 1. The number of hydrogen-bond donors (Lipinski definition) is 1. The van der Waals surface area contributed by atoms with E-state index in [0.29, 0.717) is 5.92 Å². The first-order valence-corrected chi connectivity index (χ1v) is 4.78. The summed E-state index contributed by atoms with van der Waals surface area (Å²) in [6.45, 7) is 1.49. The van der Waals surface area contributed by atoms with Gasteiger partial charge in [0.1, 0.15) is 0 Å².